The summed E-state index contributed by atoms with van der Waals surface area (Å²) < 4.78 is 4.89. The highest BCUT2D eigenvalue weighted by molar-refractivity contribution is 5.92. The summed E-state index contributed by atoms with van der Waals surface area (Å²) in [7, 11) is 0. The van der Waals surface area contributed by atoms with E-state index in [1.807, 2.05) is 6.07 Å². The third kappa shape index (κ3) is 3.77. The van der Waals surface area contributed by atoms with Crippen LogP contribution in [-0.2, 0) is 11.2 Å². The van der Waals surface area contributed by atoms with E-state index in [0.29, 0.717) is 6.61 Å². The van der Waals surface area contributed by atoms with Crippen molar-refractivity contribution in [3.8, 4) is 5.75 Å². The molecule has 1 aromatic rings. The van der Waals surface area contributed by atoms with Gasteiger partial charge in [0.2, 0.25) is 0 Å². The Balaban J connectivity index is 2.79. The Morgan fingerprint density at radius 3 is 2.71 bits per heavy atom. The molecule has 0 unspecified atom stereocenters. The minimum atomic E-state index is -0.456. The highest BCUT2D eigenvalue weighted by atomic mass is 16.5. The summed E-state index contributed by atoms with van der Waals surface area (Å²) in [6.07, 6.45) is 4.09. The van der Waals surface area contributed by atoms with Crippen LogP contribution in [0, 0.1) is 0 Å². The maximum absolute atomic E-state index is 11.6. The Labute approximate surface area is 102 Å². The molecule has 0 aliphatic heterocycles. The lowest BCUT2D eigenvalue weighted by molar-refractivity contribution is 0.0523. The molecule has 3 heteroatoms. The number of ether oxygens (including phenoxy) is 1. The van der Waals surface area contributed by atoms with Crippen LogP contribution in [0.15, 0.2) is 18.2 Å². The van der Waals surface area contributed by atoms with Crippen molar-refractivity contribution in [2.24, 2.45) is 0 Å². The molecule has 0 spiro atoms. The summed E-state index contributed by atoms with van der Waals surface area (Å²) in [5.74, 6) is -0.385. The first-order valence-corrected chi connectivity index (χ1v) is 6.18. The number of aromatic hydroxyl groups is 1. The lowest BCUT2D eigenvalue weighted by atomic mass is 10.0. The molecule has 0 amide bonds. The molecule has 0 bridgehead atoms. The predicted octanol–water partition coefficient (Wildman–Crippen LogP) is 3.30. The number of phenolic OH excluding ortho intramolecular Hbond substituents is 1. The molecule has 0 aliphatic rings. The number of unbranched alkanes of at least 4 members (excludes halogenated alkanes) is 2. The first kappa shape index (κ1) is 13.6. The van der Waals surface area contributed by atoms with Crippen molar-refractivity contribution in [3.05, 3.63) is 29.3 Å². The standard InChI is InChI=1S/C14H20O3/c1-3-5-6-8-11-9-7-10-12(13(11)15)14(16)17-4-2/h7,9-10,15H,3-6,8H2,1-2H3. The number of para-hydroxylation sites is 1. The highest BCUT2D eigenvalue weighted by Gasteiger charge is 2.14. The minimum Gasteiger partial charge on any atom is -0.507 e. The Kier molecular flexibility index (Phi) is 5.53. The van der Waals surface area contributed by atoms with Gasteiger partial charge in [0, 0.05) is 0 Å². The fraction of sp³-hybridized carbons (Fsp3) is 0.500. The van der Waals surface area contributed by atoms with Crippen LogP contribution in [0.25, 0.3) is 0 Å². The van der Waals surface area contributed by atoms with Crippen molar-refractivity contribution < 1.29 is 14.6 Å². The number of aryl methyl sites for hydroxylation is 1. The Bertz CT molecular complexity index is 372. The lowest BCUT2D eigenvalue weighted by Crippen LogP contribution is -2.05. The van der Waals surface area contributed by atoms with E-state index in [1.165, 1.54) is 0 Å². The topological polar surface area (TPSA) is 46.5 Å². The van der Waals surface area contributed by atoms with Gasteiger partial charge in [-0.25, -0.2) is 4.79 Å². The Morgan fingerprint density at radius 1 is 1.29 bits per heavy atom. The summed E-state index contributed by atoms with van der Waals surface area (Å²) >= 11 is 0. The zero-order valence-electron chi connectivity index (χ0n) is 10.5. The number of benzene rings is 1. The van der Waals surface area contributed by atoms with E-state index < -0.39 is 5.97 Å². The molecule has 0 heterocycles. The van der Waals surface area contributed by atoms with Crippen LogP contribution in [0.1, 0.15) is 49.0 Å². The molecule has 0 aliphatic carbocycles. The van der Waals surface area contributed by atoms with E-state index >= 15 is 0 Å². The lowest BCUT2D eigenvalue weighted by Gasteiger charge is -2.08. The molecule has 0 aromatic heterocycles. The average molecular weight is 236 g/mol. The fourth-order valence-corrected chi connectivity index (χ4v) is 1.73. The van der Waals surface area contributed by atoms with Gasteiger partial charge in [-0.2, -0.15) is 0 Å². The van der Waals surface area contributed by atoms with E-state index in [2.05, 4.69) is 6.92 Å². The summed E-state index contributed by atoms with van der Waals surface area (Å²) in [5, 5.41) is 9.98. The number of phenols is 1. The van der Waals surface area contributed by atoms with E-state index in [1.54, 1.807) is 19.1 Å². The third-order valence-corrected chi connectivity index (χ3v) is 2.66. The number of esters is 1. The number of carbonyl (C=O) groups is 1. The zero-order valence-corrected chi connectivity index (χ0v) is 10.5. The van der Waals surface area contributed by atoms with Gasteiger partial charge in [-0.1, -0.05) is 31.9 Å². The van der Waals surface area contributed by atoms with Gasteiger partial charge < -0.3 is 9.84 Å². The van der Waals surface area contributed by atoms with Gasteiger partial charge >= 0.3 is 5.97 Å². The molecule has 0 atom stereocenters. The van der Waals surface area contributed by atoms with Crippen molar-refractivity contribution in [2.75, 3.05) is 6.61 Å². The molecule has 17 heavy (non-hydrogen) atoms. The van der Waals surface area contributed by atoms with Crippen LogP contribution in [-0.4, -0.2) is 17.7 Å². The number of carbonyl (C=O) groups excluding carboxylic acids is 1. The van der Waals surface area contributed by atoms with E-state index in [0.717, 1.165) is 31.2 Å². The summed E-state index contributed by atoms with van der Waals surface area (Å²) in [6.45, 7) is 4.20. The van der Waals surface area contributed by atoms with Gasteiger partial charge in [0.15, 0.2) is 0 Å². The van der Waals surface area contributed by atoms with Crippen molar-refractivity contribution in [1.29, 1.82) is 0 Å². The quantitative estimate of drug-likeness (QED) is 0.609. The molecule has 94 valence electrons. The summed E-state index contributed by atoms with van der Waals surface area (Å²) in [5.41, 5.74) is 1.09. The first-order valence-electron chi connectivity index (χ1n) is 6.18. The number of hydrogen-bond acceptors (Lipinski definition) is 3. The molecule has 1 N–H and O–H groups in total. The molecule has 1 aromatic carbocycles. The van der Waals surface area contributed by atoms with Crippen LogP contribution >= 0.6 is 0 Å². The Morgan fingerprint density at radius 2 is 2.06 bits per heavy atom. The van der Waals surface area contributed by atoms with Crippen molar-refractivity contribution >= 4 is 5.97 Å². The average Bonchev–Trinajstić information content (AvgIpc) is 2.32. The van der Waals surface area contributed by atoms with Crippen molar-refractivity contribution in [2.45, 2.75) is 39.5 Å². The smallest absolute Gasteiger partial charge is 0.341 e. The van der Waals surface area contributed by atoms with Gasteiger partial charge in [0.1, 0.15) is 11.3 Å². The molecule has 3 nitrogen and oxygen atoms in total. The van der Waals surface area contributed by atoms with E-state index in [4.69, 9.17) is 4.74 Å². The number of rotatable bonds is 6. The van der Waals surface area contributed by atoms with Crippen LogP contribution in [0.4, 0.5) is 0 Å². The van der Waals surface area contributed by atoms with Crippen LogP contribution in [0.3, 0.4) is 0 Å². The highest BCUT2D eigenvalue weighted by Crippen LogP contribution is 2.24. The van der Waals surface area contributed by atoms with Gasteiger partial charge in [-0.15, -0.1) is 0 Å². The van der Waals surface area contributed by atoms with E-state index in [-0.39, 0.29) is 11.3 Å². The predicted molar refractivity (Wildman–Crippen MR) is 67.3 cm³/mol. The van der Waals surface area contributed by atoms with Gasteiger partial charge in [-0.3, -0.25) is 0 Å². The zero-order chi connectivity index (χ0) is 12.7. The van der Waals surface area contributed by atoms with Gasteiger partial charge in [0.25, 0.3) is 0 Å². The summed E-state index contributed by atoms with van der Waals surface area (Å²) in [6, 6.07) is 5.23. The van der Waals surface area contributed by atoms with Gasteiger partial charge in [0.05, 0.1) is 6.61 Å². The second-order valence-corrected chi connectivity index (χ2v) is 3.99. The molecule has 1 rings (SSSR count). The molecule has 0 radical (unpaired) electrons. The third-order valence-electron chi connectivity index (χ3n) is 2.66. The normalized spacial score (nSPS) is 10.2. The second kappa shape index (κ2) is 6.94. The molecular weight excluding hydrogens is 216 g/mol. The minimum absolute atomic E-state index is 0.0713. The maximum Gasteiger partial charge on any atom is 0.341 e. The van der Waals surface area contributed by atoms with Crippen molar-refractivity contribution in [1.82, 2.24) is 0 Å². The molecule has 0 saturated heterocycles. The van der Waals surface area contributed by atoms with E-state index in [9.17, 15) is 9.90 Å². The largest absolute Gasteiger partial charge is 0.507 e. The number of hydrogen-bond donors (Lipinski definition) is 1. The van der Waals surface area contributed by atoms with Crippen molar-refractivity contribution in [3.63, 3.8) is 0 Å². The van der Waals surface area contributed by atoms with Crippen LogP contribution in [0.2, 0.25) is 0 Å². The first-order chi connectivity index (χ1) is 8.20. The monoisotopic (exact) mass is 236 g/mol. The molecule has 0 fully saturated rings. The molecular formula is C14H20O3. The second-order valence-electron chi connectivity index (χ2n) is 3.99. The van der Waals surface area contributed by atoms with Gasteiger partial charge in [-0.05, 0) is 31.4 Å². The SMILES string of the molecule is CCCCCc1cccc(C(=O)OCC)c1O. The maximum atomic E-state index is 11.6. The van der Waals surface area contributed by atoms with Crippen LogP contribution in [0.5, 0.6) is 5.75 Å². The van der Waals surface area contributed by atoms with Crippen LogP contribution < -0.4 is 0 Å². The Hall–Kier alpha value is -1.51. The fourth-order valence-electron chi connectivity index (χ4n) is 1.73. The molecule has 0 saturated carbocycles. The summed E-state index contributed by atoms with van der Waals surface area (Å²) in [4.78, 5) is 11.6.